The van der Waals surface area contributed by atoms with Gasteiger partial charge in [-0.1, -0.05) is 0 Å². The van der Waals surface area contributed by atoms with Gasteiger partial charge in [-0.05, 0) is 31.1 Å². The number of nitrogens with zero attached hydrogens (tertiary/aromatic N) is 4. The van der Waals surface area contributed by atoms with Crippen molar-refractivity contribution in [1.82, 2.24) is 24.9 Å². The van der Waals surface area contributed by atoms with E-state index in [1.165, 1.54) is 16.8 Å². The summed E-state index contributed by atoms with van der Waals surface area (Å²) in [5.41, 5.74) is 1.17. The summed E-state index contributed by atoms with van der Waals surface area (Å²) in [5, 5.41) is 12.5. The molecular formula is C19H15F2N7O2. The lowest BCUT2D eigenvalue weighted by Gasteiger charge is -2.10. The second-order valence-electron chi connectivity index (χ2n) is 7.10. The summed E-state index contributed by atoms with van der Waals surface area (Å²) in [6.07, 6.45) is 5.00. The first kappa shape index (κ1) is 18.2. The number of benzene rings is 1. The van der Waals surface area contributed by atoms with E-state index in [0.29, 0.717) is 22.7 Å². The monoisotopic (exact) mass is 411 g/mol. The van der Waals surface area contributed by atoms with E-state index in [1.54, 1.807) is 6.08 Å². The van der Waals surface area contributed by atoms with Crippen LogP contribution in [-0.4, -0.2) is 37.4 Å². The number of hydrogen-bond donors (Lipinski definition) is 3. The van der Waals surface area contributed by atoms with Gasteiger partial charge in [-0.15, -0.1) is 0 Å². The van der Waals surface area contributed by atoms with Crippen molar-refractivity contribution in [1.29, 1.82) is 0 Å². The van der Waals surface area contributed by atoms with Crippen molar-refractivity contribution in [2.24, 2.45) is 0 Å². The summed E-state index contributed by atoms with van der Waals surface area (Å²) in [6, 6.07) is 3.38. The average molecular weight is 411 g/mol. The number of rotatable bonds is 5. The molecule has 152 valence electrons. The third kappa shape index (κ3) is 3.45. The second-order valence-corrected chi connectivity index (χ2v) is 7.10. The Labute approximate surface area is 168 Å². The molecule has 3 heterocycles. The van der Waals surface area contributed by atoms with Gasteiger partial charge in [-0.25, -0.2) is 8.78 Å². The Morgan fingerprint density at radius 1 is 1.20 bits per heavy atom. The highest BCUT2D eigenvalue weighted by molar-refractivity contribution is 6.15. The van der Waals surface area contributed by atoms with Crippen molar-refractivity contribution in [3.63, 3.8) is 0 Å². The van der Waals surface area contributed by atoms with Crippen LogP contribution >= 0.6 is 0 Å². The largest absolute Gasteiger partial charge is 0.351 e. The fourth-order valence-corrected chi connectivity index (χ4v) is 3.08. The lowest BCUT2D eigenvalue weighted by atomic mass is 10.1. The summed E-state index contributed by atoms with van der Waals surface area (Å²) in [5.74, 6) is -1.85. The number of imide groups is 1. The van der Waals surface area contributed by atoms with Crippen LogP contribution in [0.15, 0.2) is 30.0 Å². The van der Waals surface area contributed by atoms with Gasteiger partial charge in [0.1, 0.15) is 11.6 Å². The van der Waals surface area contributed by atoms with E-state index in [2.05, 4.69) is 31.0 Å². The highest BCUT2D eigenvalue weighted by Crippen LogP contribution is 2.27. The van der Waals surface area contributed by atoms with Crippen molar-refractivity contribution < 1.29 is 18.4 Å². The quantitative estimate of drug-likeness (QED) is 0.436. The molecule has 0 radical (unpaired) electrons. The molecule has 0 bridgehead atoms. The third-order valence-electron chi connectivity index (χ3n) is 4.71. The number of fused-ring (bicyclic) bond motifs is 1. The van der Waals surface area contributed by atoms with Crippen molar-refractivity contribution in [3.8, 4) is 0 Å². The number of nitrogens with one attached hydrogen (secondary N) is 3. The van der Waals surface area contributed by atoms with Gasteiger partial charge >= 0.3 is 0 Å². The molecule has 0 atom stereocenters. The number of halogens is 2. The molecule has 1 saturated heterocycles. The third-order valence-corrected chi connectivity index (χ3v) is 4.71. The van der Waals surface area contributed by atoms with Crippen LogP contribution < -0.4 is 16.0 Å². The average Bonchev–Trinajstić information content (AvgIpc) is 3.33. The van der Waals surface area contributed by atoms with Gasteiger partial charge in [0.25, 0.3) is 5.91 Å². The van der Waals surface area contributed by atoms with E-state index in [1.807, 2.05) is 0 Å². The van der Waals surface area contributed by atoms with Crippen LogP contribution in [0.5, 0.6) is 0 Å². The number of hydrogen-bond acceptors (Lipinski definition) is 7. The molecular weight excluding hydrogens is 396 g/mol. The smallest absolute Gasteiger partial charge is 0.254 e. The van der Waals surface area contributed by atoms with Crippen molar-refractivity contribution >= 4 is 41.1 Å². The van der Waals surface area contributed by atoms with Crippen LogP contribution in [0.2, 0.25) is 0 Å². The van der Waals surface area contributed by atoms with Gasteiger partial charge in [-0.2, -0.15) is 19.6 Å². The van der Waals surface area contributed by atoms with Gasteiger partial charge in [-0.3, -0.25) is 14.9 Å². The molecule has 3 N–H and O–H groups in total. The minimum Gasteiger partial charge on any atom is -0.351 e. The summed E-state index contributed by atoms with van der Waals surface area (Å²) >= 11 is 0. The second kappa shape index (κ2) is 6.87. The van der Waals surface area contributed by atoms with E-state index >= 15 is 0 Å². The van der Waals surface area contributed by atoms with E-state index in [9.17, 15) is 18.4 Å². The number of amides is 2. The van der Waals surface area contributed by atoms with E-state index in [4.69, 9.17) is 0 Å². The molecule has 9 nitrogen and oxygen atoms in total. The zero-order valence-electron chi connectivity index (χ0n) is 15.4. The molecule has 11 heteroatoms. The Balaban J connectivity index is 1.58. The number of carbonyl (C=O) groups is 2. The van der Waals surface area contributed by atoms with Gasteiger partial charge in [0.05, 0.1) is 18.3 Å². The molecule has 2 aromatic heterocycles. The minimum absolute atomic E-state index is 0.0123. The van der Waals surface area contributed by atoms with Crippen LogP contribution in [0.4, 0.5) is 26.4 Å². The highest BCUT2D eigenvalue weighted by Gasteiger charge is 2.26. The molecule has 1 saturated carbocycles. The normalized spacial score (nSPS) is 17.6. The van der Waals surface area contributed by atoms with Gasteiger partial charge in [0, 0.05) is 23.2 Å². The Kier molecular flexibility index (Phi) is 4.16. The fourth-order valence-electron chi connectivity index (χ4n) is 3.08. The van der Waals surface area contributed by atoms with Gasteiger partial charge in [0.15, 0.2) is 5.65 Å². The standard InChI is InChI=1S/C19H15F2N7O2/c20-11-1-4-14(13(21)7-11)24-18-26-16-10(5-9-6-15(29)25-17(9)30)8-22-28(16)19(27-18)23-12-2-3-12/h1,4-5,7-8,12H,2-3,6H2,(H,25,29,30)(H2,23,24,26,27)/b9-5+. The molecule has 3 aromatic rings. The predicted octanol–water partition coefficient (Wildman–Crippen LogP) is 2.15. The highest BCUT2D eigenvalue weighted by atomic mass is 19.1. The first-order valence-electron chi connectivity index (χ1n) is 9.25. The Morgan fingerprint density at radius 3 is 2.73 bits per heavy atom. The molecule has 2 fully saturated rings. The first-order valence-corrected chi connectivity index (χ1v) is 9.25. The number of carbonyl (C=O) groups excluding carboxylic acids is 2. The zero-order valence-corrected chi connectivity index (χ0v) is 15.4. The molecule has 1 aromatic carbocycles. The maximum Gasteiger partial charge on any atom is 0.254 e. The molecule has 1 aliphatic carbocycles. The van der Waals surface area contributed by atoms with Crippen LogP contribution in [0.3, 0.4) is 0 Å². The van der Waals surface area contributed by atoms with E-state index in [0.717, 1.165) is 25.0 Å². The number of anilines is 3. The van der Waals surface area contributed by atoms with Crippen molar-refractivity contribution in [2.75, 3.05) is 10.6 Å². The topological polar surface area (TPSA) is 113 Å². The van der Waals surface area contributed by atoms with Crippen molar-refractivity contribution in [2.45, 2.75) is 25.3 Å². The Bertz CT molecular complexity index is 1230. The van der Waals surface area contributed by atoms with E-state index in [-0.39, 0.29) is 30.0 Å². The lowest BCUT2D eigenvalue weighted by Crippen LogP contribution is -2.19. The molecule has 0 unspecified atom stereocenters. The zero-order chi connectivity index (χ0) is 20.8. The molecule has 2 amide bonds. The summed E-state index contributed by atoms with van der Waals surface area (Å²) in [4.78, 5) is 32.1. The molecule has 30 heavy (non-hydrogen) atoms. The van der Waals surface area contributed by atoms with Gasteiger partial charge < -0.3 is 10.6 Å². The maximum atomic E-state index is 14.1. The van der Waals surface area contributed by atoms with Crippen molar-refractivity contribution in [3.05, 3.63) is 47.2 Å². The molecule has 1 aliphatic heterocycles. The lowest BCUT2D eigenvalue weighted by molar-refractivity contribution is -0.124. The Hall–Kier alpha value is -3.89. The number of aromatic nitrogens is 4. The molecule has 0 spiro atoms. The summed E-state index contributed by atoms with van der Waals surface area (Å²) in [6.45, 7) is 0. The first-order chi connectivity index (χ1) is 14.5. The Morgan fingerprint density at radius 2 is 2.03 bits per heavy atom. The van der Waals surface area contributed by atoms with E-state index < -0.39 is 17.5 Å². The fraction of sp³-hybridized carbons (Fsp3) is 0.211. The van der Waals surface area contributed by atoms with Crippen LogP contribution in [0.25, 0.3) is 11.7 Å². The SMILES string of the molecule is O=C1C/C(=C\c2cnn3c(NC4CC4)nc(Nc4ccc(F)cc4F)nc23)C(=O)N1. The molecule has 2 aliphatic rings. The minimum atomic E-state index is -0.785. The maximum absolute atomic E-state index is 14.1. The van der Waals surface area contributed by atoms with Crippen LogP contribution in [0.1, 0.15) is 24.8 Å². The van der Waals surface area contributed by atoms with Crippen LogP contribution in [-0.2, 0) is 9.59 Å². The molecule has 5 rings (SSSR count). The van der Waals surface area contributed by atoms with Gasteiger partial charge in [0.2, 0.25) is 17.8 Å². The predicted molar refractivity (Wildman–Crippen MR) is 103 cm³/mol. The summed E-state index contributed by atoms with van der Waals surface area (Å²) < 4.78 is 28.7. The van der Waals surface area contributed by atoms with Crippen LogP contribution in [0, 0.1) is 11.6 Å². The summed E-state index contributed by atoms with van der Waals surface area (Å²) in [7, 11) is 0.